The first-order chi connectivity index (χ1) is 10.9. The summed E-state index contributed by atoms with van der Waals surface area (Å²) in [5, 5.41) is 2.75. The maximum absolute atomic E-state index is 12.1. The lowest BCUT2D eigenvalue weighted by Gasteiger charge is -2.09. The molecule has 0 aliphatic heterocycles. The molecule has 23 heavy (non-hydrogen) atoms. The number of hydrogen-bond acceptors (Lipinski definition) is 4. The molecule has 2 N–H and O–H groups in total. The van der Waals surface area contributed by atoms with Crippen molar-refractivity contribution in [3.8, 4) is 0 Å². The van der Waals surface area contributed by atoms with Gasteiger partial charge < -0.3 is 10.1 Å². The fraction of sp³-hybridized carbons (Fsp3) is 0.562. The van der Waals surface area contributed by atoms with Crippen LogP contribution in [-0.2, 0) is 14.8 Å². The van der Waals surface area contributed by atoms with Crippen LogP contribution in [0.1, 0.15) is 37.0 Å². The minimum absolute atomic E-state index is 0.164. The molecule has 7 heteroatoms. The van der Waals surface area contributed by atoms with Gasteiger partial charge in [-0.1, -0.05) is 13.8 Å². The first-order valence-electron chi connectivity index (χ1n) is 7.73. The Hall–Kier alpha value is -1.44. The molecule has 0 saturated carbocycles. The maximum Gasteiger partial charge on any atom is 0.251 e. The smallest absolute Gasteiger partial charge is 0.251 e. The molecule has 1 rings (SSSR count). The number of sulfonamides is 1. The molecule has 0 fully saturated rings. The van der Waals surface area contributed by atoms with Crippen molar-refractivity contribution in [2.45, 2.75) is 31.6 Å². The van der Waals surface area contributed by atoms with E-state index in [4.69, 9.17) is 4.74 Å². The molecule has 0 aromatic heterocycles. The van der Waals surface area contributed by atoms with E-state index in [1.807, 2.05) is 13.8 Å². The highest BCUT2D eigenvalue weighted by Crippen LogP contribution is 2.11. The van der Waals surface area contributed by atoms with Gasteiger partial charge in [-0.05, 0) is 43.0 Å². The van der Waals surface area contributed by atoms with Gasteiger partial charge in [-0.3, -0.25) is 4.79 Å². The lowest BCUT2D eigenvalue weighted by atomic mass is 10.1. The van der Waals surface area contributed by atoms with Gasteiger partial charge in [0.2, 0.25) is 10.0 Å². The van der Waals surface area contributed by atoms with Crippen molar-refractivity contribution in [1.29, 1.82) is 0 Å². The highest BCUT2D eigenvalue weighted by atomic mass is 32.2. The van der Waals surface area contributed by atoms with Crippen molar-refractivity contribution in [1.82, 2.24) is 10.0 Å². The normalized spacial score (nSPS) is 11.7. The Labute approximate surface area is 138 Å². The molecule has 0 radical (unpaired) electrons. The fourth-order valence-electron chi connectivity index (χ4n) is 1.87. The largest absolute Gasteiger partial charge is 0.385 e. The number of methoxy groups -OCH3 is 1. The third-order valence-electron chi connectivity index (χ3n) is 3.25. The van der Waals surface area contributed by atoms with E-state index in [1.54, 1.807) is 7.11 Å². The van der Waals surface area contributed by atoms with E-state index >= 15 is 0 Å². The molecule has 0 spiro atoms. The van der Waals surface area contributed by atoms with Crippen molar-refractivity contribution in [2.75, 3.05) is 26.8 Å². The fourth-order valence-corrected chi connectivity index (χ4v) is 2.92. The van der Waals surface area contributed by atoms with Crippen LogP contribution in [0.15, 0.2) is 29.2 Å². The van der Waals surface area contributed by atoms with Crippen molar-refractivity contribution >= 4 is 15.9 Å². The van der Waals surface area contributed by atoms with Crippen molar-refractivity contribution in [2.24, 2.45) is 5.92 Å². The third-order valence-corrected chi connectivity index (χ3v) is 4.73. The predicted molar refractivity (Wildman–Crippen MR) is 89.9 cm³/mol. The number of benzene rings is 1. The number of amides is 1. The first kappa shape index (κ1) is 19.6. The van der Waals surface area contributed by atoms with Gasteiger partial charge in [0.05, 0.1) is 4.90 Å². The predicted octanol–water partition coefficient (Wildman–Crippen LogP) is 1.78. The SMILES string of the molecule is COCCCNC(=O)c1ccc(S(=O)(=O)NCCC(C)C)cc1. The lowest BCUT2D eigenvalue weighted by molar-refractivity contribution is 0.0948. The first-order valence-corrected chi connectivity index (χ1v) is 9.22. The van der Waals surface area contributed by atoms with E-state index in [0.717, 1.165) is 12.8 Å². The zero-order chi connectivity index (χ0) is 17.3. The van der Waals surface area contributed by atoms with E-state index in [9.17, 15) is 13.2 Å². The summed E-state index contributed by atoms with van der Waals surface area (Å²) in [4.78, 5) is 12.1. The maximum atomic E-state index is 12.1. The summed E-state index contributed by atoms with van der Waals surface area (Å²) in [7, 11) is -1.91. The molecule has 0 aliphatic rings. The summed E-state index contributed by atoms with van der Waals surface area (Å²) in [6, 6.07) is 5.93. The molecule has 0 aliphatic carbocycles. The Kier molecular flexibility index (Phi) is 8.22. The Balaban J connectivity index is 2.59. The molecule has 0 heterocycles. The van der Waals surface area contributed by atoms with Crippen LogP contribution in [-0.4, -0.2) is 41.1 Å². The van der Waals surface area contributed by atoms with E-state index < -0.39 is 10.0 Å². The van der Waals surface area contributed by atoms with Crippen molar-refractivity contribution in [3.63, 3.8) is 0 Å². The van der Waals surface area contributed by atoms with Gasteiger partial charge in [0.1, 0.15) is 0 Å². The molecule has 130 valence electrons. The Morgan fingerprint density at radius 2 is 1.83 bits per heavy atom. The Morgan fingerprint density at radius 1 is 1.17 bits per heavy atom. The number of carbonyl (C=O) groups excluding carboxylic acids is 1. The minimum atomic E-state index is -3.52. The number of hydrogen-bond donors (Lipinski definition) is 2. The van der Waals surface area contributed by atoms with Crippen LogP contribution in [0.3, 0.4) is 0 Å². The molecule has 1 amide bonds. The van der Waals surface area contributed by atoms with Crippen LogP contribution in [0, 0.1) is 5.92 Å². The third kappa shape index (κ3) is 7.11. The van der Waals surface area contributed by atoms with Crippen LogP contribution in [0.25, 0.3) is 0 Å². The Bertz CT molecular complexity index is 583. The second kappa shape index (κ2) is 9.64. The summed E-state index contributed by atoms with van der Waals surface area (Å²) in [5.41, 5.74) is 0.434. The summed E-state index contributed by atoms with van der Waals surface area (Å²) < 4.78 is 31.7. The van der Waals surface area contributed by atoms with E-state index in [1.165, 1.54) is 24.3 Å². The van der Waals surface area contributed by atoms with Crippen molar-refractivity contribution in [3.05, 3.63) is 29.8 Å². The van der Waals surface area contributed by atoms with Gasteiger partial charge >= 0.3 is 0 Å². The van der Waals surface area contributed by atoms with Gasteiger partial charge in [-0.15, -0.1) is 0 Å². The minimum Gasteiger partial charge on any atom is -0.385 e. The van der Waals surface area contributed by atoms with Gasteiger partial charge in [-0.25, -0.2) is 13.1 Å². The zero-order valence-corrected chi connectivity index (χ0v) is 14.8. The zero-order valence-electron chi connectivity index (χ0n) is 14.0. The van der Waals surface area contributed by atoms with Gasteiger partial charge in [0, 0.05) is 32.4 Å². The van der Waals surface area contributed by atoms with E-state index in [0.29, 0.717) is 31.2 Å². The number of carbonyl (C=O) groups is 1. The molecule has 1 aromatic carbocycles. The number of ether oxygens (including phenoxy) is 1. The summed E-state index contributed by atoms with van der Waals surface area (Å²) >= 11 is 0. The van der Waals surface area contributed by atoms with Crippen LogP contribution in [0.2, 0.25) is 0 Å². The summed E-state index contributed by atoms with van der Waals surface area (Å²) in [6.45, 7) is 5.58. The lowest BCUT2D eigenvalue weighted by Crippen LogP contribution is -2.26. The average molecular weight is 342 g/mol. The van der Waals surface area contributed by atoms with Crippen LogP contribution >= 0.6 is 0 Å². The molecular formula is C16H26N2O4S. The van der Waals surface area contributed by atoms with Crippen LogP contribution < -0.4 is 10.0 Å². The molecular weight excluding hydrogens is 316 g/mol. The summed E-state index contributed by atoms with van der Waals surface area (Å²) in [5.74, 6) is 0.208. The van der Waals surface area contributed by atoms with E-state index in [2.05, 4.69) is 10.0 Å². The highest BCUT2D eigenvalue weighted by molar-refractivity contribution is 7.89. The molecule has 0 atom stereocenters. The van der Waals surface area contributed by atoms with Crippen LogP contribution in [0.5, 0.6) is 0 Å². The molecule has 0 bridgehead atoms. The second-order valence-corrected chi connectivity index (χ2v) is 7.47. The van der Waals surface area contributed by atoms with Crippen molar-refractivity contribution < 1.29 is 17.9 Å². The molecule has 1 aromatic rings. The second-order valence-electron chi connectivity index (χ2n) is 5.71. The highest BCUT2D eigenvalue weighted by Gasteiger charge is 2.14. The molecule has 0 saturated heterocycles. The molecule has 6 nitrogen and oxygen atoms in total. The van der Waals surface area contributed by atoms with Gasteiger partial charge in [0.25, 0.3) is 5.91 Å². The molecule has 0 unspecified atom stereocenters. The van der Waals surface area contributed by atoms with Crippen LogP contribution in [0.4, 0.5) is 0 Å². The Morgan fingerprint density at radius 3 is 2.39 bits per heavy atom. The van der Waals surface area contributed by atoms with E-state index in [-0.39, 0.29) is 10.8 Å². The number of rotatable bonds is 10. The standard InChI is InChI=1S/C16H26N2O4S/c1-13(2)9-11-18-23(20,21)15-7-5-14(6-8-15)16(19)17-10-4-12-22-3/h5-8,13,18H,4,9-12H2,1-3H3,(H,17,19). The van der Waals surface area contributed by atoms with Gasteiger partial charge in [0.15, 0.2) is 0 Å². The number of nitrogens with one attached hydrogen (secondary N) is 2. The quantitative estimate of drug-likeness (QED) is 0.635. The average Bonchev–Trinajstić information content (AvgIpc) is 2.51. The van der Waals surface area contributed by atoms with Gasteiger partial charge in [-0.2, -0.15) is 0 Å². The topological polar surface area (TPSA) is 84.5 Å². The summed E-state index contributed by atoms with van der Waals surface area (Å²) in [6.07, 6.45) is 1.51. The monoisotopic (exact) mass is 342 g/mol.